The second-order valence-electron chi connectivity index (χ2n) is 11.7. The maximum Gasteiger partial charge on any atom is 0.343 e. The van der Waals surface area contributed by atoms with Crippen molar-refractivity contribution < 1.29 is 23.8 Å². The molecule has 0 radical (unpaired) electrons. The first kappa shape index (κ1) is 37.6. The molecule has 0 spiro atoms. The maximum atomic E-state index is 12.3. The summed E-state index contributed by atoms with van der Waals surface area (Å²) in [5.74, 6) is -1.10. The first-order chi connectivity index (χ1) is 25.4. The molecule has 0 aromatic carbocycles. The number of methoxy groups -OCH3 is 3. The number of anilines is 2. The van der Waals surface area contributed by atoms with Crippen molar-refractivity contribution in [2.24, 2.45) is 34.6 Å². The Balaban J connectivity index is 1.65. The number of nitrogen functional groups attached to an aromatic ring is 2. The van der Waals surface area contributed by atoms with Crippen molar-refractivity contribution in [3.8, 4) is 17.9 Å². The van der Waals surface area contributed by atoms with Gasteiger partial charge in [-0.2, -0.15) is 44.7 Å². The molecule has 0 aliphatic heterocycles. The van der Waals surface area contributed by atoms with Crippen molar-refractivity contribution in [3.63, 3.8) is 0 Å². The van der Waals surface area contributed by atoms with E-state index in [1.807, 2.05) is 27.7 Å². The van der Waals surface area contributed by atoms with E-state index >= 15 is 0 Å². The van der Waals surface area contributed by atoms with Gasteiger partial charge in [-0.3, -0.25) is 0 Å². The topological polar surface area (TPSA) is 273 Å². The third kappa shape index (κ3) is 7.14. The number of aromatic nitrogens is 11. The van der Waals surface area contributed by atoms with Gasteiger partial charge in [0.15, 0.2) is 34.6 Å². The molecule has 1 atom stereocenters. The van der Waals surface area contributed by atoms with Crippen LogP contribution in [0.3, 0.4) is 0 Å². The lowest BCUT2D eigenvalue weighted by Gasteiger charge is -2.09. The van der Waals surface area contributed by atoms with Gasteiger partial charge in [-0.25, -0.2) is 19.0 Å². The molecule has 1 unspecified atom stereocenters. The molecule has 0 aliphatic carbocycles. The van der Waals surface area contributed by atoms with Crippen molar-refractivity contribution in [1.29, 1.82) is 0 Å². The molecule has 5 aromatic heterocycles. The molecule has 5 aromatic rings. The van der Waals surface area contributed by atoms with E-state index in [0.29, 0.717) is 30.7 Å². The van der Waals surface area contributed by atoms with E-state index in [9.17, 15) is 9.59 Å². The van der Waals surface area contributed by atoms with Crippen LogP contribution in [0, 0.1) is 0 Å². The Morgan fingerprint density at radius 2 is 1.17 bits per heavy atom. The molecule has 0 saturated heterocycles. The first-order valence-electron chi connectivity index (χ1n) is 16.5. The fraction of sp³-hybridized carbons (Fsp3) is 0.452. The van der Waals surface area contributed by atoms with Gasteiger partial charge in [0.1, 0.15) is 11.1 Å². The number of aryl methyl sites for hydroxylation is 2. The molecule has 4 N–H and O–H groups in total. The van der Waals surface area contributed by atoms with Crippen LogP contribution in [0.25, 0.3) is 11.9 Å². The Morgan fingerprint density at radius 3 is 1.58 bits per heavy atom. The standard InChI is InChI=1S/C31H41N17O5/c1-10-15(4)19-21(39-41-25-17(27(49)51-7)13-34-45(25)5)23(32)47(43-19)29-36-30(38-31(37-29)53-9)48-24(33)22(20(44-48)16(11-2)12-3)40-42-26-18(28(50)52-8)14-35-46(26)6/h13-16H,10-12,32-33H2,1-9H3. The quantitative estimate of drug-likeness (QED) is 0.116. The Bertz CT molecular complexity index is 2190. The predicted molar refractivity (Wildman–Crippen MR) is 189 cm³/mol. The van der Waals surface area contributed by atoms with Crippen LogP contribution in [0.1, 0.15) is 90.9 Å². The summed E-state index contributed by atoms with van der Waals surface area (Å²) < 4.78 is 20.5. The Labute approximate surface area is 303 Å². The second-order valence-corrected chi connectivity index (χ2v) is 11.7. The lowest BCUT2D eigenvalue weighted by molar-refractivity contribution is 0.0592. The van der Waals surface area contributed by atoms with E-state index in [0.717, 1.165) is 0 Å². The smallest absolute Gasteiger partial charge is 0.343 e. The number of nitrogens with two attached hydrogens (primary N) is 2. The molecule has 0 bridgehead atoms. The summed E-state index contributed by atoms with van der Waals surface area (Å²) in [5, 5.41) is 35.2. The van der Waals surface area contributed by atoms with Gasteiger partial charge in [-0.05, 0) is 19.3 Å². The minimum atomic E-state index is -0.625. The molecular formula is C31H41N17O5. The van der Waals surface area contributed by atoms with E-state index in [1.165, 1.54) is 52.5 Å². The predicted octanol–water partition coefficient (Wildman–Crippen LogP) is 4.70. The molecule has 5 heterocycles. The number of nitrogens with zero attached hydrogens (tertiary/aromatic N) is 15. The minimum absolute atomic E-state index is 0.0328. The molecule has 0 aliphatic rings. The van der Waals surface area contributed by atoms with E-state index < -0.39 is 11.9 Å². The maximum absolute atomic E-state index is 12.3. The molecule has 53 heavy (non-hydrogen) atoms. The van der Waals surface area contributed by atoms with Gasteiger partial charge in [0.2, 0.25) is 0 Å². The Morgan fingerprint density at radius 1 is 0.717 bits per heavy atom. The van der Waals surface area contributed by atoms with Gasteiger partial charge in [-0.15, -0.1) is 20.5 Å². The normalized spacial score (nSPS) is 12.3. The number of azo groups is 2. The molecule has 0 saturated carbocycles. The number of carbonyl (C=O) groups is 2. The van der Waals surface area contributed by atoms with Gasteiger partial charge >= 0.3 is 17.9 Å². The lowest BCUT2D eigenvalue weighted by Crippen LogP contribution is -2.14. The number of ether oxygens (including phenoxy) is 3. The van der Waals surface area contributed by atoms with Crippen molar-refractivity contribution in [1.82, 2.24) is 54.1 Å². The number of carbonyl (C=O) groups excluding carboxylic acids is 2. The van der Waals surface area contributed by atoms with E-state index in [1.54, 1.807) is 14.1 Å². The summed E-state index contributed by atoms with van der Waals surface area (Å²) in [6.07, 6.45) is 4.78. The zero-order valence-corrected chi connectivity index (χ0v) is 30.8. The van der Waals surface area contributed by atoms with Crippen molar-refractivity contribution in [2.75, 3.05) is 32.8 Å². The lowest BCUT2D eigenvalue weighted by atomic mass is 9.98. The van der Waals surface area contributed by atoms with Gasteiger partial charge < -0.3 is 25.7 Å². The highest BCUT2D eigenvalue weighted by atomic mass is 16.5. The number of hydrogen-bond acceptors (Lipinski definition) is 18. The summed E-state index contributed by atoms with van der Waals surface area (Å²) in [6, 6.07) is -0.0921. The van der Waals surface area contributed by atoms with Gasteiger partial charge in [-0.1, -0.05) is 27.7 Å². The van der Waals surface area contributed by atoms with Gasteiger partial charge in [0.05, 0.1) is 45.1 Å². The number of esters is 2. The first-order valence-corrected chi connectivity index (χ1v) is 16.5. The zero-order chi connectivity index (χ0) is 38.6. The third-order valence-electron chi connectivity index (χ3n) is 8.56. The zero-order valence-electron chi connectivity index (χ0n) is 30.8. The molecule has 22 nitrogen and oxygen atoms in total. The van der Waals surface area contributed by atoms with Crippen LogP contribution in [0.5, 0.6) is 6.01 Å². The van der Waals surface area contributed by atoms with Crippen LogP contribution in [0.2, 0.25) is 0 Å². The van der Waals surface area contributed by atoms with Crippen LogP contribution in [-0.2, 0) is 23.6 Å². The molecule has 22 heteroatoms. The van der Waals surface area contributed by atoms with E-state index in [2.05, 4.69) is 45.6 Å². The van der Waals surface area contributed by atoms with Crippen LogP contribution < -0.4 is 16.2 Å². The molecule has 0 fully saturated rings. The fourth-order valence-corrected chi connectivity index (χ4v) is 5.28. The second kappa shape index (κ2) is 15.7. The average molecular weight is 732 g/mol. The Kier molecular flexibility index (Phi) is 11.2. The van der Waals surface area contributed by atoms with Crippen molar-refractivity contribution in [3.05, 3.63) is 34.9 Å². The van der Waals surface area contributed by atoms with Crippen LogP contribution in [0.4, 0.5) is 34.6 Å². The summed E-state index contributed by atoms with van der Waals surface area (Å²) in [4.78, 5) is 38.1. The van der Waals surface area contributed by atoms with Crippen molar-refractivity contribution >= 4 is 46.6 Å². The summed E-state index contributed by atoms with van der Waals surface area (Å²) in [5.41, 5.74) is 15.1. The van der Waals surface area contributed by atoms with E-state index in [-0.39, 0.29) is 75.5 Å². The SMILES string of the molecule is CCC(C)c1nn(-c2nc(OC)nc(-n3nc(C(CC)CC)c(N=Nc4c(C(=O)OC)cnn4C)c3N)n2)c(N)c1N=Nc1c(C(=O)OC)cnn1C. The summed E-state index contributed by atoms with van der Waals surface area (Å²) in [6.45, 7) is 7.96. The third-order valence-corrected chi connectivity index (χ3v) is 8.56. The monoisotopic (exact) mass is 731 g/mol. The molecule has 5 rings (SSSR count). The van der Waals surface area contributed by atoms with Gasteiger partial charge in [0, 0.05) is 25.9 Å². The fourth-order valence-electron chi connectivity index (χ4n) is 5.28. The highest BCUT2D eigenvalue weighted by Crippen LogP contribution is 2.39. The van der Waals surface area contributed by atoms with Crippen LogP contribution in [0.15, 0.2) is 32.9 Å². The largest absolute Gasteiger partial charge is 0.467 e. The summed E-state index contributed by atoms with van der Waals surface area (Å²) in [7, 11) is 7.14. The average Bonchev–Trinajstić information content (AvgIpc) is 3.92. The summed E-state index contributed by atoms with van der Waals surface area (Å²) >= 11 is 0. The molecule has 0 amide bonds. The molecular weight excluding hydrogens is 690 g/mol. The molecule has 280 valence electrons. The van der Waals surface area contributed by atoms with Crippen LogP contribution >= 0.6 is 0 Å². The number of rotatable bonds is 14. The Hall–Kier alpha value is -6.61. The van der Waals surface area contributed by atoms with Crippen molar-refractivity contribution in [2.45, 2.75) is 58.8 Å². The highest BCUT2D eigenvalue weighted by molar-refractivity contribution is 5.94. The van der Waals surface area contributed by atoms with Crippen LogP contribution in [-0.4, -0.2) is 87.3 Å². The number of hydrogen-bond donors (Lipinski definition) is 2. The highest BCUT2D eigenvalue weighted by Gasteiger charge is 2.28. The van der Waals surface area contributed by atoms with Gasteiger partial charge in [0.25, 0.3) is 11.9 Å². The minimum Gasteiger partial charge on any atom is -0.467 e. The van der Waals surface area contributed by atoms with E-state index in [4.69, 9.17) is 35.9 Å².